The van der Waals surface area contributed by atoms with Gasteiger partial charge in [0, 0.05) is 37.8 Å². The Morgan fingerprint density at radius 1 is 1.11 bits per heavy atom. The smallest absolute Gasteiger partial charge is 0.409 e. The van der Waals surface area contributed by atoms with Crippen molar-refractivity contribution >= 4 is 33.6 Å². The van der Waals surface area contributed by atoms with E-state index in [0.717, 1.165) is 11.3 Å². The predicted octanol–water partition coefficient (Wildman–Crippen LogP) is 2.03. The van der Waals surface area contributed by atoms with E-state index in [1.54, 1.807) is 49.6 Å². The number of amides is 3. The van der Waals surface area contributed by atoms with E-state index in [0.29, 0.717) is 51.9 Å². The third-order valence-electron chi connectivity index (χ3n) is 6.46. The van der Waals surface area contributed by atoms with Gasteiger partial charge < -0.3 is 19.9 Å². The molecule has 1 saturated heterocycles. The van der Waals surface area contributed by atoms with Crippen LogP contribution in [0.25, 0.3) is 0 Å². The molecule has 3 amide bonds. The third kappa shape index (κ3) is 6.32. The summed E-state index contributed by atoms with van der Waals surface area (Å²) >= 11 is 0. The molecule has 1 atom stereocenters. The van der Waals surface area contributed by atoms with Gasteiger partial charge in [0.25, 0.3) is 0 Å². The summed E-state index contributed by atoms with van der Waals surface area (Å²) in [5.74, 6) is -0.669. The molecule has 2 N–H and O–H groups in total. The van der Waals surface area contributed by atoms with E-state index in [4.69, 9.17) is 4.74 Å². The van der Waals surface area contributed by atoms with E-state index < -0.39 is 16.1 Å². The molecule has 0 aromatic heterocycles. The average molecular weight is 509 g/mol. The van der Waals surface area contributed by atoms with Crippen LogP contribution in [0.3, 0.4) is 0 Å². The lowest BCUT2D eigenvalue weighted by molar-refractivity contribution is -0.124. The number of carbonyl (C=O) groups is 3. The lowest BCUT2D eigenvalue weighted by Crippen LogP contribution is -2.54. The van der Waals surface area contributed by atoms with E-state index in [1.807, 2.05) is 0 Å². The monoisotopic (exact) mass is 508 g/mol. The fourth-order valence-corrected chi connectivity index (χ4v) is 5.83. The first-order chi connectivity index (χ1) is 16.6. The minimum absolute atomic E-state index is 0.00196. The van der Waals surface area contributed by atoms with Gasteiger partial charge in [-0.3, -0.25) is 9.59 Å². The molecule has 0 bridgehead atoms. The topological polar surface area (TPSA) is 125 Å². The number of ether oxygens (including phenoxy) is 1. The summed E-state index contributed by atoms with van der Waals surface area (Å²) in [6.07, 6.45) is 1.75. The van der Waals surface area contributed by atoms with Gasteiger partial charge in [-0.1, -0.05) is 20.8 Å². The zero-order valence-electron chi connectivity index (χ0n) is 20.9. The Labute approximate surface area is 207 Å². The number of hydrogen-bond acceptors (Lipinski definition) is 6. The van der Waals surface area contributed by atoms with Gasteiger partial charge >= 0.3 is 6.09 Å². The van der Waals surface area contributed by atoms with Gasteiger partial charge in [-0.2, -0.15) is 4.72 Å². The molecule has 2 heterocycles. The number of nitrogens with one attached hydrogen (secondary N) is 2. The highest BCUT2D eigenvalue weighted by molar-refractivity contribution is 7.89. The SMILES string of the molecule is CCOC(=O)N1CCC(NC(=O)[C@H](NS(=O)(=O)c2ccc3c(c2)CCN3C(=O)CC)C(C)C)CC1. The van der Waals surface area contributed by atoms with Crippen LogP contribution in [0.5, 0.6) is 0 Å². The second-order valence-corrected chi connectivity index (χ2v) is 11.0. The second-order valence-electron chi connectivity index (χ2n) is 9.25. The maximum absolute atomic E-state index is 13.2. The lowest BCUT2D eigenvalue weighted by Gasteiger charge is -2.33. The average Bonchev–Trinajstić information content (AvgIpc) is 3.26. The van der Waals surface area contributed by atoms with Crippen molar-refractivity contribution in [1.82, 2.24) is 14.9 Å². The van der Waals surface area contributed by atoms with E-state index in [-0.39, 0.29) is 34.8 Å². The molecule has 194 valence electrons. The zero-order valence-corrected chi connectivity index (χ0v) is 21.7. The van der Waals surface area contributed by atoms with Crippen LogP contribution in [0.1, 0.15) is 52.5 Å². The summed E-state index contributed by atoms with van der Waals surface area (Å²) < 4.78 is 33.9. The van der Waals surface area contributed by atoms with E-state index in [9.17, 15) is 22.8 Å². The quantitative estimate of drug-likeness (QED) is 0.554. The molecule has 0 spiro atoms. The molecule has 1 fully saturated rings. The van der Waals surface area contributed by atoms with Crippen molar-refractivity contribution in [2.75, 3.05) is 31.1 Å². The van der Waals surface area contributed by atoms with Crippen LogP contribution in [0.2, 0.25) is 0 Å². The van der Waals surface area contributed by atoms with E-state index in [1.165, 1.54) is 6.07 Å². The molecular weight excluding hydrogens is 472 g/mol. The van der Waals surface area contributed by atoms with Crippen LogP contribution in [-0.4, -0.2) is 69.6 Å². The Bertz CT molecular complexity index is 1050. The van der Waals surface area contributed by atoms with Gasteiger partial charge in [-0.25, -0.2) is 13.2 Å². The Balaban J connectivity index is 1.65. The highest BCUT2D eigenvalue weighted by atomic mass is 32.2. The van der Waals surface area contributed by atoms with Gasteiger partial charge in [0.2, 0.25) is 21.8 Å². The number of sulfonamides is 1. The van der Waals surface area contributed by atoms with Crippen LogP contribution in [0, 0.1) is 5.92 Å². The van der Waals surface area contributed by atoms with Crippen molar-refractivity contribution in [2.24, 2.45) is 5.92 Å². The number of carbonyl (C=O) groups excluding carboxylic acids is 3. The molecule has 0 saturated carbocycles. The van der Waals surface area contributed by atoms with Gasteiger partial charge in [0.1, 0.15) is 6.04 Å². The van der Waals surface area contributed by atoms with Gasteiger partial charge in [-0.15, -0.1) is 0 Å². The van der Waals surface area contributed by atoms with Crippen molar-refractivity contribution in [2.45, 2.75) is 70.4 Å². The number of fused-ring (bicyclic) bond motifs is 1. The normalized spacial score (nSPS) is 17.3. The fourth-order valence-electron chi connectivity index (χ4n) is 4.43. The summed E-state index contributed by atoms with van der Waals surface area (Å²) in [7, 11) is -3.97. The Morgan fingerprint density at radius 2 is 1.80 bits per heavy atom. The first-order valence-electron chi connectivity index (χ1n) is 12.2. The number of rotatable bonds is 8. The van der Waals surface area contributed by atoms with E-state index in [2.05, 4.69) is 10.0 Å². The predicted molar refractivity (Wildman–Crippen MR) is 131 cm³/mol. The maximum Gasteiger partial charge on any atom is 0.409 e. The van der Waals surface area contributed by atoms with Crippen molar-refractivity contribution < 1.29 is 27.5 Å². The van der Waals surface area contributed by atoms with Crippen molar-refractivity contribution in [1.29, 1.82) is 0 Å². The molecule has 1 aromatic carbocycles. The van der Waals surface area contributed by atoms with Crippen molar-refractivity contribution in [3.63, 3.8) is 0 Å². The number of anilines is 1. The van der Waals surface area contributed by atoms with Crippen LogP contribution in [0.15, 0.2) is 23.1 Å². The summed E-state index contributed by atoms with van der Waals surface area (Å²) in [4.78, 5) is 40.4. The van der Waals surface area contributed by atoms with Crippen LogP contribution in [0.4, 0.5) is 10.5 Å². The van der Waals surface area contributed by atoms with Crippen molar-refractivity contribution in [3.05, 3.63) is 23.8 Å². The Hall–Kier alpha value is -2.66. The second kappa shape index (κ2) is 11.4. The maximum atomic E-state index is 13.2. The van der Waals surface area contributed by atoms with Crippen LogP contribution < -0.4 is 14.9 Å². The fraction of sp³-hybridized carbons (Fsp3) is 0.625. The zero-order chi connectivity index (χ0) is 25.8. The summed E-state index contributed by atoms with van der Waals surface area (Å²) in [5, 5.41) is 2.94. The molecule has 0 aliphatic carbocycles. The van der Waals surface area contributed by atoms with Crippen LogP contribution in [-0.2, 0) is 30.8 Å². The number of piperidine rings is 1. The van der Waals surface area contributed by atoms with Gasteiger partial charge in [0.15, 0.2) is 0 Å². The number of nitrogens with zero attached hydrogens (tertiary/aromatic N) is 2. The molecule has 1 aromatic rings. The minimum Gasteiger partial charge on any atom is -0.450 e. The molecular formula is C24H36N4O6S. The first-order valence-corrected chi connectivity index (χ1v) is 13.7. The van der Waals surface area contributed by atoms with Gasteiger partial charge in [-0.05, 0) is 55.9 Å². The summed E-state index contributed by atoms with van der Waals surface area (Å²) in [5.41, 5.74) is 1.54. The summed E-state index contributed by atoms with van der Waals surface area (Å²) in [6.45, 7) is 8.89. The van der Waals surface area contributed by atoms with Gasteiger partial charge in [0.05, 0.1) is 11.5 Å². The lowest BCUT2D eigenvalue weighted by atomic mass is 10.0. The molecule has 11 heteroatoms. The summed E-state index contributed by atoms with van der Waals surface area (Å²) in [6, 6.07) is 3.62. The van der Waals surface area contributed by atoms with Crippen LogP contribution >= 0.6 is 0 Å². The highest BCUT2D eigenvalue weighted by Crippen LogP contribution is 2.30. The molecule has 35 heavy (non-hydrogen) atoms. The van der Waals surface area contributed by atoms with E-state index >= 15 is 0 Å². The number of likely N-dealkylation sites (tertiary alicyclic amines) is 1. The number of hydrogen-bond donors (Lipinski definition) is 2. The Kier molecular flexibility index (Phi) is 8.76. The van der Waals surface area contributed by atoms with Crippen molar-refractivity contribution in [3.8, 4) is 0 Å². The molecule has 3 rings (SSSR count). The standard InChI is InChI=1S/C24H36N4O6S/c1-5-21(29)28-14-9-17-15-19(7-8-20(17)28)35(32,33)26-22(16(3)4)23(30)25-18-10-12-27(13-11-18)24(31)34-6-2/h7-8,15-16,18,22,26H,5-6,9-14H2,1-4H3,(H,25,30)/t22-/m1/s1. The highest BCUT2D eigenvalue weighted by Gasteiger charge is 2.32. The number of benzene rings is 1. The molecule has 10 nitrogen and oxygen atoms in total. The third-order valence-corrected chi connectivity index (χ3v) is 7.90. The minimum atomic E-state index is -3.97. The molecule has 0 radical (unpaired) electrons. The molecule has 0 unspecified atom stereocenters. The molecule has 2 aliphatic rings. The Morgan fingerprint density at radius 3 is 2.40 bits per heavy atom. The molecule has 2 aliphatic heterocycles. The largest absolute Gasteiger partial charge is 0.450 e. The first kappa shape index (κ1) is 26.9.